The van der Waals surface area contributed by atoms with Crippen LogP contribution in [-0.2, 0) is 0 Å². The topological polar surface area (TPSA) is 29.1 Å². The zero-order valence-electron chi connectivity index (χ0n) is 10.9. The van der Waals surface area contributed by atoms with Crippen molar-refractivity contribution < 1.29 is 4.79 Å². The summed E-state index contributed by atoms with van der Waals surface area (Å²) < 4.78 is 0. The Bertz CT molecular complexity index is 560. The molecule has 2 rings (SSSR count). The Hall–Kier alpha value is -1.32. The van der Waals surface area contributed by atoms with Crippen LogP contribution in [0.5, 0.6) is 0 Å². The lowest BCUT2D eigenvalue weighted by Crippen LogP contribution is -2.26. The van der Waals surface area contributed by atoms with Gasteiger partial charge in [-0.05, 0) is 35.7 Å². The van der Waals surface area contributed by atoms with E-state index in [2.05, 4.69) is 19.2 Å². The summed E-state index contributed by atoms with van der Waals surface area (Å²) in [4.78, 5) is 13.7. The second-order valence-corrected chi connectivity index (χ2v) is 6.29. The zero-order valence-corrected chi connectivity index (χ0v) is 12.5. The van der Waals surface area contributed by atoms with Gasteiger partial charge in [0.1, 0.15) is 0 Å². The molecule has 4 heteroatoms. The molecule has 1 heterocycles. The predicted molar refractivity (Wildman–Crippen MR) is 81.9 cm³/mol. The van der Waals surface area contributed by atoms with Crippen molar-refractivity contribution in [2.75, 3.05) is 6.54 Å². The highest BCUT2D eigenvalue weighted by Gasteiger charge is 2.10. The summed E-state index contributed by atoms with van der Waals surface area (Å²) in [5, 5.41) is 3.64. The lowest BCUT2D eigenvalue weighted by atomic mass is 10.2. The van der Waals surface area contributed by atoms with E-state index in [-0.39, 0.29) is 5.91 Å². The van der Waals surface area contributed by atoms with Crippen LogP contribution >= 0.6 is 22.9 Å². The summed E-state index contributed by atoms with van der Waals surface area (Å²) in [5.74, 6) is 0.457. The Morgan fingerprint density at radius 2 is 1.89 bits per heavy atom. The normalized spacial score (nSPS) is 10.7. The van der Waals surface area contributed by atoms with Crippen molar-refractivity contribution >= 4 is 28.8 Å². The molecule has 0 bridgehead atoms. The van der Waals surface area contributed by atoms with Gasteiger partial charge in [-0.1, -0.05) is 37.6 Å². The number of rotatable bonds is 4. The molecule has 2 nitrogen and oxygen atoms in total. The van der Waals surface area contributed by atoms with Crippen molar-refractivity contribution in [3.05, 3.63) is 46.3 Å². The third kappa shape index (κ3) is 3.82. The molecule has 0 aliphatic rings. The third-order valence-electron chi connectivity index (χ3n) is 2.63. The fourth-order valence-corrected chi connectivity index (χ4v) is 2.67. The molecule has 0 unspecified atom stereocenters. The first-order valence-electron chi connectivity index (χ1n) is 6.20. The second kappa shape index (κ2) is 6.22. The van der Waals surface area contributed by atoms with E-state index >= 15 is 0 Å². The summed E-state index contributed by atoms with van der Waals surface area (Å²) in [6.45, 7) is 4.86. The van der Waals surface area contributed by atoms with E-state index in [0.717, 1.165) is 20.3 Å². The number of nitrogens with one attached hydrogen (secondary N) is 1. The van der Waals surface area contributed by atoms with Crippen molar-refractivity contribution in [2.24, 2.45) is 5.92 Å². The van der Waals surface area contributed by atoms with Crippen LogP contribution in [0.2, 0.25) is 5.02 Å². The van der Waals surface area contributed by atoms with E-state index < -0.39 is 0 Å². The third-order valence-corrected chi connectivity index (χ3v) is 4.01. The number of hydrogen-bond acceptors (Lipinski definition) is 2. The molecule has 0 saturated carbocycles. The van der Waals surface area contributed by atoms with Gasteiger partial charge in [-0.25, -0.2) is 0 Å². The second-order valence-electron chi connectivity index (χ2n) is 4.77. The molecule has 1 aromatic carbocycles. The minimum Gasteiger partial charge on any atom is -0.351 e. The van der Waals surface area contributed by atoms with Gasteiger partial charge in [-0.15, -0.1) is 11.3 Å². The molecule has 0 fully saturated rings. The number of halogens is 1. The molecular formula is C15H16ClNOS. The standard InChI is InChI=1S/C15H16ClNOS/c1-10(2)9-17-15(18)14-8-7-13(19-14)11-3-5-12(16)6-4-11/h3-8,10H,9H2,1-2H3,(H,17,18). The highest BCUT2D eigenvalue weighted by atomic mass is 35.5. The monoisotopic (exact) mass is 293 g/mol. The van der Waals surface area contributed by atoms with E-state index in [1.807, 2.05) is 36.4 Å². The van der Waals surface area contributed by atoms with Crippen molar-refractivity contribution in [3.8, 4) is 10.4 Å². The molecule has 0 radical (unpaired) electrons. The SMILES string of the molecule is CC(C)CNC(=O)c1ccc(-c2ccc(Cl)cc2)s1. The Balaban J connectivity index is 2.10. The summed E-state index contributed by atoms with van der Waals surface area (Å²) in [6, 6.07) is 11.5. The van der Waals surface area contributed by atoms with E-state index in [0.29, 0.717) is 12.5 Å². The van der Waals surface area contributed by atoms with Crippen LogP contribution < -0.4 is 5.32 Å². The highest BCUT2D eigenvalue weighted by Crippen LogP contribution is 2.28. The maximum absolute atomic E-state index is 11.9. The molecule has 0 saturated heterocycles. The lowest BCUT2D eigenvalue weighted by molar-refractivity contribution is 0.0953. The van der Waals surface area contributed by atoms with E-state index in [1.165, 1.54) is 11.3 Å². The van der Waals surface area contributed by atoms with Crippen molar-refractivity contribution in [2.45, 2.75) is 13.8 Å². The number of carbonyl (C=O) groups excluding carboxylic acids is 1. The van der Waals surface area contributed by atoms with Crippen LogP contribution in [-0.4, -0.2) is 12.5 Å². The molecule has 2 aromatic rings. The van der Waals surface area contributed by atoms with Crippen LogP contribution in [0, 0.1) is 5.92 Å². The number of hydrogen-bond donors (Lipinski definition) is 1. The van der Waals surface area contributed by atoms with Gasteiger partial charge < -0.3 is 5.32 Å². The first kappa shape index (κ1) is 14.1. The van der Waals surface area contributed by atoms with Gasteiger partial charge in [0, 0.05) is 16.4 Å². The van der Waals surface area contributed by atoms with E-state index in [1.54, 1.807) is 0 Å². The fourth-order valence-electron chi connectivity index (χ4n) is 1.61. The molecule has 0 aliphatic heterocycles. The Morgan fingerprint density at radius 3 is 2.53 bits per heavy atom. The first-order chi connectivity index (χ1) is 9.06. The van der Waals surface area contributed by atoms with Gasteiger partial charge in [-0.2, -0.15) is 0 Å². The number of carbonyl (C=O) groups is 1. The van der Waals surface area contributed by atoms with E-state index in [4.69, 9.17) is 11.6 Å². The minimum atomic E-state index is -0.00101. The van der Waals surface area contributed by atoms with Crippen LogP contribution in [0.15, 0.2) is 36.4 Å². The summed E-state index contributed by atoms with van der Waals surface area (Å²) in [7, 11) is 0. The molecule has 0 atom stereocenters. The Kier molecular flexibility index (Phi) is 4.61. The van der Waals surface area contributed by atoms with Crippen LogP contribution in [0.4, 0.5) is 0 Å². The molecule has 100 valence electrons. The minimum absolute atomic E-state index is 0.00101. The maximum Gasteiger partial charge on any atom is 0.261 e. The van der Waals surface area contributed by atoms with Crippen molar-refractivity contribution in [3.63, 3.8) is 0 Å². The first-order valence-corrected chi connectivity index (χ1v) is 7.39. The van der Waals surface area contributed by atoms with Crippen LogP contribution in [0.25, 0.3) is 10.4 Å². The van der Waals surface area contributed by atoms with Gasteiger partial charge in [0.05, 0.1) is 4.88 Å². The van der Waals surface area contributed by atoms with Gasteiger partial charge >= 0.3 is 0 Å². The van der Waals surface area contributed by atoms with Crippen LogP contribution in [0.1, 0.15) is 23.5 Å². The number of amides is 1. The molecule has 0 spiro atoms. The highest BCUT2D eigenvalue weighted by molar-refractivity contribution is 7.17. The van der Waals surface area contributed by atoms with Gasteiger partial charge in [0.25, 0.3) is 5.91 Å². The van der Waals surface area contributed by atoms with Crippen LogP contribution in [0.3, 0.4) is 0 Å². The largest absolute Gasteiger partial charge is 0.351 e. The predicted octanol–water partition coefficient (Wildman–Crippen LogP) is 4.45. The van der Waals surface area contributed by atoms with E-state index in [9.17, 15) is 4.79 Å². The molecule has 1 aromatic heterocycles. The zero-order chi connectivity index (χ0) is 13.8. The summed E-state index contributed by atoms with van der Waals surface area (Å²) >= 11 is 7.36. The van der Waals surface area contributed by atoms with Gasteiger partial charge in [0.15, 0.2) is 0 Å². The van der Waals surface area contributed by atoms with Crippen molar-refractivity contribution in [1.82, 2.24) is 5.32 Å². The average Bonchev–Trinajstić information content (AvgIpc) is 2.86. The molecular weight excluding hydrogens is 278 g/mol. The maximum atomic E-state index is 11.9. The number of benzene rings is 1. The Labute approximate surface area is 122 Å². The smallest absolute Gasteiger partial charge is 0.261 e. The van der Waals surface area contributed by atoms with Crippen molar-refractivity contribution in [1.29, 1.82) is 0 Å². The van der Waals surface area contributed by atoms with Gasteiger partial charge in [0.2, 0.25) is 0 Å². The number of thiophene rings is 1. The average molecular weight is 294 g/mol. The summed E-state index contributed by atoms with van der Waals surface area (Å²) in [5.41, 5.74) is 1.08. The molecule has 1 amide bonds. The molecule has 19 heavy (non-hydrogen) atoms. The Morgan fingerprint density at radius 1 is 1.21 bits per heavy atom. The summed E-state index contributed by atoms with van der Waals surface area (Å²) in [6.07, 6.45) is 0. The quantitative estimate of drug-likeness (QED) is 0.886. The van der Waals surface area contributed by atoms with Gasteiger partial charge in [-0.3, -0.25) is 4.79 Å². The molecule has 1 N–H and O–H groups in total. The lowest BCUT2D eigenvalue weighted by Gasteiger charge is -2.05. The fraction of sp³-hybridized carbons (Fsp3) is 0.267. The molecule has 0 aliphatic carbocycles.